The Kier molecular flexibility index (Phi) is 2.63. The van der Waals surface area contributed by atoms with Crippen LogP contribution >= 0.6 is 0 Å². The van der Waals surface area contributed by atoms with E-state index in [1.165, 1.54) is 0 Å². The highest BCUT2D eigenvalue weighted by Crippen LogP contribution is 2.44. The van der Waals surface area contributed by atoms with Gasteiger partial charge in [-0.1, -0.05) is 6.92 Å². The SMILES string of the molecule is C[C@@]1([C@H]2C[C@H](F)CN2)CC(F)=CC=C1F. The summed E-state index contributed by atoms with van der Waals surface area (Å²) in [6, 6.07) is -0.316. The highest BCUT2D eigenvalue weighted by Gasteiger charge is 2.44. The molecule has 15 heavy (non-hydrogen) atoms. The number of halogens is 3. The van der Waals surface area contributed by atoms with Gasteiger partial charge < -0.3 is 5.32 Å². The molecule has 0 unspecified atom stereocenters. The summed E-state index contributed by atoms with van der Waals surface area (Å²) in [5, 5.41) is 2.92. The van der Waals surface area contributed by atoms with Gasteiger partial charge in [0.15, 0.2) is 0 Å². The number of allylic oxidation sites excluding steroid dienone is 3. The van der Waals surface area contributed by atoms with E-state index < -0.39 is 11.6 Å². The molecule has 2 rings (SSSR count). The maximum absolute atomic E-state index is 13.7. The predicted octanol–water partition coefficient (Wildman–Crippen LogP) is 2.80. The maximum Gasteiger partial charge on any atom is 0.114 e. The van der Waals surface area contributed by atoms with Crippen LogP contribution in [-0.2, 0) is 0 Å². The van der Waals surface area contributed by atoms with Crippen LogP contribution in [0.3, 0.4) is 0 Å². The van der Waals surface area contributed by atoms with Crippen LogP contribution in [0.4, 0.5) is 13.2 Å². The van der Waals surface area contributed by atoms with E-state index in [0.29, 0.717) is 0 Å². The van der Waals surface area contributed by atoms with Gasteiger partial charge >= 0.3 is 0 Å². The Morgan fingerprint density at radius 1 is 1.40 bits per heavy atom. The van der Waals surface area contributed by atoms with Crippen molar-refractivity contribution < 1.29 is 13.2 Å². The molecule has 4 heteroatoms. The van der Waals surface area contributed by atoms with Crippen LogP contribution in [0.5, 0.6) is 0 Å². The van der Waals surface area contributed by atoms with Crippen molar-refractivity contribution in [3.05, 3.63) is 23.8 Å². The van der Waals surface area contributed by atoms with Crippen LogP contribution in [0, 0.1) is 5.41 Å². The largest absolute Gasteiger partial charge is 0.310 e. The molecule has 1 heterocycles. The molecule has 1 N–H and O–H groups in total. The monoisotopic (exact) mass is 217 g/mol. The first-order valence-electron chi connectivity index (χ1n) is 5.12. The van der Waals surface area contributed by atoms with Gasteiger partial charge in [-0.25, -0.2) is 13.2 Å². The van der Waals surface area contributed by atoms with E-state index in [0.717, 1.165) is 12.2 Å². The van der Waals surface area contributed by atoms with E-state index in [1.807, 2.05) is 0 Å². The van der Waals surface area contributed by atoms with Crippen LogP contribution in [0.15, 0.2) is 23.8 Å². The third-order valence-electron chi connectivity index (χ3n) is 3.34. The topological polar surface area (TPSA) is 12.0 Å². The van der Waals surface area contributed by atoms with Crippen molar-refractivity contribution in [3.8, 4) is 0 Å². The molecule has 3 atom stereocenters. The van der Waals surface area contributed by atoms with Crippen molar-refractivity contribution in [1.82, 2.24) is 5.32 Å². The fourth-order valence-corrected chi connectivity index (χ4v) is 2.32. The van der Waals surface area contributed by atoms with Crippen molar-refractivity contribution in [2.75, 3.05) is 6.54 Å². The molecule has 0 saturated carbocycles. The lowest BCUT2D eigenvalue weighted by atomic mass is 9.75. The Labute approximate surface area is 87.0 Å². The fraction of sp³-hybridized carbons (Fsp3) is 0.636. The maximum atomic E-state index is 13.7. The second-order valence-electron chi connectivity index (χ2n) is 4.52. The smallest absolute Gasteiger partial charge is 0.114 e. The first-order valence-corrected chi connectivity index (χ1v) is 5.12. The van der Waals surface area contributed by atoms with Gasteiger partial charge in [0.1, 0.15) is 17.8 Å². The first kappa shape index (κ1) is 10.7. The summed E-state index contributed by atoms with van der Waals surface area (Å²) in [5.74, 6) is -0.710. The molecular weight excluding hydrogens is 203 g/mol. The average molecular weight is 217 g/mol. The van der Waals surface area contributed by atoms with Gasteiger partial charge in [-0.3, -0.25) is 0 Å². The van der Waals surface area contributed by atoms with E-state index in [9.17, 15) is 13.2 Å². The Morgan fingerprint density at radius 3 is 2.73 bits per heavy atom. The lowest BCUT2D eigenvalue weighted by molar-refractivity contribution is 0.210. The number of hydrogen-bond donors (Lipinski definition) is 1. The molecule has 0 aromatic carbocycles. The third-order valence-corrected chi connectivity index (χ3v) is 3.34. The Morgan fingerprint density at radius 2 is 2.13 bits per heavy atom. The van der Waals surface area contributed by atoms with Crippen LogP contribution in [-0.4, -0.2) is 18.8 Å². The molecule has 0 bridgehead atoms. The molecule has 0 spiro atoms. The molecule has 0 amide bonds. The van der Waals surface area contributed by atoms with Crippen LogP contribution in [0.2, 0.25) is 0 Å². The summed E-state index contributed by atoms with van der Waals surface area (Å²) in [5.41, 5.74) is -0.931. The lowest BCUT2D eigenvalue weighted by Crippen LogP contribution is -2.41. The highest BCUT2D eigenvalue weighted by molar-refractivity contribution is 5.26. The van der Waals surface area contributed by atoms with Gasteiger partial charge in [0.05, 0.1) is 0 Å². The molecule has 0 aromatic heterocycles. The summed E-state index contributed by atoms with van der Waals surface area (Å²) in [6.45, 7) is 1.87. The van der Waals surface area contributed by atoms with E-state index in [4.69, 9.17) is 0 Å². The summed E-state index contributed by atoms with van der Waals surface area (Å²) >= 11 is 0. The number of hydrogen-bond acceptors (Lipinski definition) is 1. The predicted molar refractivity (Wildman–Crippen MR) is 52.4 cm³/mol. The third kappa shape index (κ3) is 1.83. The van der Waals surface area contributed by atoms with Gasteiger partial charge in [0, 0.05) is 24.4 Å². The molecular formula is C11H14F3N. The van der Waals surface area contributed by atoms with E-state index in [-0.39, 0.29) is 37.1 Å². The van der Waals surface area contributed by atoms with E-state index in [1.54, 1.807) is 6.92 Å². The summed E-state index contributed by atoms with van der Waals surface area (Å²) in [4.78, 5) is 0. The minimum absolute atomic E-state index is 0.0136. The zero-order valence-electron chi connectivity index (χ0n) is 8.56. The minimum Gasteiger partial charge on any atom is -0.310 e. The van der Waals surface area contributed by atoms with Crippen LogP contribution in [0.25, 0.3) is 0 Å². The second-order valence-corrected chi connectivity index (χ2v) is 4.52. The van der Waals surface area contributed by atoms with Crippen molar-refractivity contribution in [2.24, 2.45) is 5.41 Å². The zero-order valence-corrected chi connectivity index (χ0v) is 8.56. The lowest BCUT2D eigenvalue weighted by Gasteiger charge is -2.35. The van der Waals surface area contributed by atoms with Crippen molar-refractivity contribution in [2.45, 2.75) is 32.0 Å². The minimum atomic E-state index is -0.950. The van der Waals surface area contributed by atoms with Gasteiger partial charge in [0.2, 0.25) is 0 Å². The standard InChI is InChI=1S/C11H14F3N/c1-11(10-4-8(13)6-15-10)5-7(12)2-3-9(11)14/h2-3,8,10,15H,4-6H2,1H3/t8-,10+,11+/m0/s1. The second kappa shape index (κ2) is 3.67. The van der Waals surface area contributed by atoms with Gasteiger partial charge in [-0.05, 0) is 18.6 Å². The summed E-state index contributed by atoms with van der Waals surface area (Å²) in [6.07, 6.45) is 1.60. The van der Waals surface area contributed by atoms with Crippen molar-refractivity contribution in [1.29, 1.82) is 0 Å². The highest BCUT2D eigenvalue weighted by atomic mass is 19.1. The normalized spacial score (nSPS) is 41.3. The molecule has 1 aliphatic heterocycles. The molecule has 1 nitrogen and oxygen atoms in total. The Balaban J connectivity index is 2.20. The number of rotatable bonds is 1. The van der Waals surface area contributed by atoms with Gasteiger partial charge in [-0.15, -0.1) is 0 Å². The Bertz CT molecular complexity index is 324. The van der Waals surface area contributed by atoms with Crippen molar-refractivity contribution >= 4 is 0 Å². The van der Waals surface area contributed by atoms with Crippen LogP contribution in [0.1, 0.15) is 19.8 Å². The zero-order chi connectivity index (χ0) is 11.1. The quantitative estimate of drug-likeness (QED) is 0.712. The number of nitrogens with one attached hydrogen (secondary N) is 1. The molecule has 2 aliphatic rings. The van der Waals surface area contributed by atoms with Crippen molar-refractivity contribution in [3.63, 3.8) is 0 Å². The first-order chi connectivity index (χ1) is 7.02. The average Bonchev–Trinajstić information content (AvgIpc) is 2.59. The molecule has 1 fully saturated rings. The van der Waals surface area contributed by atoms with Gasteiger partial charge in [-0.2, -0.15) is 0 Å². The summed E-state index contributed by atoms with van der Waals surface area (Å²) in [7, 11) is 0. The molecule has 0 radical (unpaired) electrons. The van der Waals surface area contributed by atoms with Gasteiger partial charge in [0.25, 0.3) is 0 Å². The van der Waals surface area contributed by atoms with E-state index >= 15 is 0 Å². The Hall–Kier alpha value is -0.770. The fourth-order valence-electron chi connectivity index (χ4n) is 2.32. The molecule has 0 aromatic rings. The number of alkyl halides is 1. The van der Waals surface area contributed by atoms with Crippen LogP contribution < -0.4 is 5.32 Å². The van der Waals surface area contributed by atoms with E-state index in [2.05, 4.69) is 5.32 Å². The molecule has 1 saturated heterocycles. The summed E-state index contributed by atoms with van der Waals surface area (Å²) < 4.78 is 39.8. The molecule has 1 aliphatic carbocycles. The molecule has 84 valence electrons.